The van der Waals surface area contributed by atoms with Crippen LogP contribution in [0.4, 0.5) is 5.69 Å². The van der Waals surface area contributed by atoms with E-state index in [1.165, 1.54) is 0 Å². The van der Waals surface area contributed by atoms with E-state index in [0.717, 1.165) is 29.4 Å². The molecule has 1 unspecified atom stereocenters. The maximum Gasteiger partial charge on any atom is 0.0670 e. The van der Waals surface area contributed by atoms with Crippen LogP contribution in [0.1, 0.15) is 19.8 Å². The molecule has 2 aromatic rings. The van der Waals surface area contributed by atoms with E-state index in [2.05, 4.69) is 47.2 Å². The largest absolute Gasteiger partial charge is 0.383 e. The summed E-state index contributed by atoms with van der Waals surface area (Å²) in [5.74, 6) is 0. The smallest absolute Gasteiger partial charge is 0.0670 e. The fourth-order valence-corrected chi connectivity index (χ4v) is 1.75. The highest BCUT2D eigenvalue weighted by molar-refractivity contribution is 5.81. The summed E-state index contributed by atoms with van der Waals surface area (Å²) < 4.78 is 0. The summed E-state index contributed by atoms with van der Waals surface area (Å²) in [6.07, 6.45) is 5.93. The van der Waals surface area contributed by atoms with Gasteiger partial charge in [0.1, 0.15) is 0 Å². The molecule has 0 saturated heterocycles. The molecule has 84 valence electrons. The number of nitrogens with zero attached hydrogens (tertiary/aromatic N) is 1. The third kappa shape index (κ3) is 2.42. The van der Waals surface area contributed by atoms with Gasteiger partial charge < -0.3 is 5.32 Å². The monoisotopic (exact) mass is 215 g/mol. The first-order valence-electron chi connectivity index (χ1n) is 5.60. The summed E-state index contributed by atoms with van der Waals surface area (Å²) in [5, 5.41) is 11.6. The summed E-state index contributed by atoms with van der Waals surface area (Å²) in [6, 6.07) is 6.70. The summed E-state index contributed by atoms with van der Waals surface area (Å²) >= 11 is 0. The minimum atomic E-state index is 0.457. The van der Waals surface area contributed by atoms with Crippen LogP contribution in [0, 0.1) is 0 Å². The van der Waals surface area contributed by atoms with E-state index < -0.39 is 0 Å². The number of anilines is 1. The van der Waals surface area contributed by atoms with Crippen LogP contribution < -0.4 is 5.32 Å². The van der Waals surface area contributed by atoms with Crippen molar-refractivity contribution in [1.82, 2.24) is 10.2 Å². The van der Waals surface area contributed by atoms with Gasteiger partial charge in [-0.25, -0.2) is 0 Å². The molecule has 2 rings (SSSR count). The molecule has 0 amide bonds. The Hall–Kier alpha value is -1.77. The van der Waals surface area contributed by atoms with Gasteiger partial charge in [-0.1, -0.05) is 6.08 Å². The first-order chi connectivity index (χ1) is 7.79. The number of H-pyrrole nitrogens is 1. The molecule has 2 N–H and O–H groups in total. The van der Waals surface area contributed by atoms with Crippen molar-refractivity contribution in [3.05, 3.63) is 37.1 Å². The topological polar surface area (TPSA) is 40.7 Å². The molecule has 1 aromatic heterocycles. The molecule has 0 saturated carbocycles. The minimum Gasteiger partial charge on any atom is -0.383 e. The van der Waals surface area contributed by atoms with Crippen LogP contribution in [0.5, 0.6) is 0 Å². The second-order valence-electron chi connectivity index (χ2n) is 4.08. The summed E-state index contributed by atoms with van der Waals surface area (Å²) in [5.41, 5.74) is 2.20. The molecule has 0 bridgehead atoms. The van der Waals surface area contributed by atoms with Gasteiger partial charge in [-0.05, 0) is 38.0 Å². The van der Waals surface area contributed by atoms with Crippen molar-refractivity contribution in [1.29, 1.82) is 0 Å². The zero-order valence-electron chi connectivity index (χ0n) is 9.53. The first kappa shape index (κ1) is 10.7. The highest BCUT2D eigenvalue weighted by Crippen LogP contribution is 2.17. The maximum atomic E-state index is 4.01. The Labute approximate surface area is 95.6 Å². The third-order valence-electron chi connectivity index (χ3n) is 2.66. The molecule has 0 radical (unpaired) electrons. The first-order valence-corrected chi connectivity index (χ1v) is 5.60. The van der Waals surface area contributed by atoms with E-state index in [0.29, 0.717) is 6.04 Å². The second kappa shape index (κ2) is 4.84. The van der Waals surface area contributed by atoms with Crippen molar-refractivity contribution in [2.24, 2.45) is 0 Å². The molecule has 1 aromatic carbocycles. The number of benzene rings is 1. The second-order valence-corrected chi connectivity index (χ2v) is 4.08. The number of hydrogen-bond donors (Lipinski definition) is 2. The Bertz CT molecular complexity index is 473. The van der Waals surface area contributed by atoms with Crippen molar-refractivity contribution >= 4 is 16.6 Å². The van der Waals surface area contributed by atoms with Gasteiger partial charge in [-0.2, -0.15) is 5.10 Å². The zero-order chi connectivity index (χ0) is 11.4. The number of allylic oxidation sites excluding steroid dienone is 1. The molecular formula is C13H17N3. The van der Waals surface area contributed by atoms with Crippen LogP contribution in [-0.4, -0.2) is 16.2 Å². The van der Waals surface area contributed by atoms with Gasteiger partial charge in [0.05, 0.1) is 11.7 Å². The van der Waals surface area contributed by atoms with Crippen LogP contribution in [0.3, 0.4) is 0 Å². The number of aromatic nitrogens is 2. The average molecular weight is 215 g/mol. The Morgan fingerprint density at radius 1 is 1.56 bits per heavy atom. The van der Waals surface area contributed by atoms with E-state index in [4.69, 9.17) is 0 Å². The standard InChI is InChI=1S/C13H17N3/c1-3-4-5-10(2)15-12-7-6-11-9-14-16-13(11)8-12/h3,6-10,15H,1,4-5H2,2H3,(H,14,16). The number of fused-ring (bicyclic) bond motifs is 1. The van der Waals surface area contributed by atoms with Gasteiger partial charge in [0, 0.05) is 17.1 Å². The van der Waals surface area contributed by atoms with Crippen LogP contribution in [0.15, 0.2) is 37.1 Å². The predicted molar refractivity (Wildman–Crippen MR) is 68.6 cm³/mol. The van der Waals surface area contributed by atoms with E-state index in [-0.39, 0.29) is 0 Å². The van der Waals surface area contributed by atoms with Gasteiger partial charge in [-0.3, -0.25) is 5.10 Å². The van der Waals surface area contributed by atoms with Crippen LogP contribution in [0.25, 0.3) is 10.9 Å². The lowest BCUT2D eigenvalue weighted by Gasteiger charge is -2.14. The van der Waals surface area contributed by atoms with Crippen molar-refractivity contribution < 1.29 is 0 Å². The lowest BCUT2D eigenvalue weighted by Crippen LogP contribution is -2.14. The van der Waals surface area contributed by atoms with E-state index in [1.54, 1.807) is 0 Å². The van der Waals surface area contributed by atoms with Crippen LogP contribution in [0.2, 0.25) is 0 Å². The van der Waals surface area contributed by atoms with Crippen molar-refractivity contribution in [3.8, 4) is 0 Å². The van der Waals surface area contributed by atoms with E-state index in [9.17, 15) is 0 Å². The Morgan fingerprint density at radius 3 is 3.25 bits per heavy atom. The van der Waals surface area contributed by atoms with Crippen molar-refractivity contribution in [2.75, 3.05) is 5.32 Å². The SMILES string of the molecule is C=CCCC(C)Nc1ccc2cn[nH]c2c1. The summed E-state index contributed by atoms with van der Waals surface area (Å²) in [4.78, 5) is 0. The highest BCUT2D eigenvalue weighted by atomic mass is 15.1. The molecule has 3 heteroatoms. The minimum absolute atomic E-state index is 0.457. The van der Waals surface area contributed by atoms with Crippen molar-refractivity contribution in [2.45, 2.75) is 25.8 Å². The van der Waals surface area contributed by atoms with Gasteiger partial charge in [0.2, 0.25) is 0 Å². The molecule has 3 nitrogen and oxygen atoms in total. The third-order valence-corrected chi connectivity index (χ3v) is 2.66. The average Bonchev–Trinajstić information content (AvgIpc) is 2.73. The molecule has 0 aliphatic carbocycles. The number of hydrogen-bond acceptors (Lipinski definition) is 2. The van der Waals surface area contributed by atoms with E-state index in [1.807, 2.05) is 12.3 Å². The molecular weight excluding hydrogens is 198 g/mol. The van der Waals surface area contributed by atoms with Gasteiger partial charge >= 0.3 is 0 Å². The Kier molecular flexibility index (Phi) is 3.25. The number of aromatic amines is 1. The van der Waals surface area contributed by atoms with Gasteiger partial charge in [-0.15, -0.1) is 6.58 Å². The number of rotatable bonds is 5. The zero-order valence-corrected chi connectivity index (χ0v) is 9.53. The Morgan fingerprint density at radius 2 is 2.44 bits per heavy atom. The lowest BCUT2D eigenvalue weighted by atomic mass is 10.1. The van der Waals surface area contributed by atoms with E-state index >= 15 is 0 Å². The quantitative estimate of drug-likeness (QED) is 0.751. The van der Waals surface area contributed by atoms with Gasteiger partial charge in [0.25, 0.3) is 0 Å². The highest BCUT2D eigenvalue weighted by Gasteiger charge is 2.02. The molecule has 16 heavy (non-hydrogen) atoms. The van der Waals surface area contributed by atoms with Crippen LogP contribution >= 0.6 is 0 Å². The predicted octanol–water partition coefficient (Wildman–Crippen LogP) is 3.33. The molecule has 0 spiro atoms. The molecule has 1 heterocycles. The fourth-order valence-electron chi connectivity index (χ4n) is 1.75. The summed E-state index contributed by atoms with van der Waals surface area (Å²) in [6.45, 7) is 5.91. The normalized spacial score (nSPS) is 12.6. The van der Waals surface area contributed by atoms with Crippen LogP contribution in [-0.2, 0) is 0 Å². The Balaban J connectivity index is 2.05. The lowest BCUT2D eigenvalue weighted by molar-refractivity contribution is 0.719. The van der Waals surface area contributed by atoms with Gasteiger partial charge in [0.15, 0.2) is 0 Å². The number of nitrogens with one attached hydrogen (secondary N) is 2. The maximum absolute atomic E-state index is 4.01. The fraction of sp³-hybridized carbons (Fsp3) is 0.308. The van der Waals surface area contributed by atoms with Crippen molar-refractivity contribution in [3.63, 3.8) is 0 Å². The summed E-state index contributed by atoms with van der Waals surface area (Å²) in [7, 11) is 0. The molecule has 0 fully saturated rings. The molecule has 1 atom stereocenters. The molecule has 0 aliphatic heterocycles. The molecule has 0 aliphatic rings.